The molecule has 1 aromatic carbocycles. The Hall–Kier alpha value is -1.73. The number of aromatic nitrogens is 1. The van der Waals surface area contributed by atoms with Gasteiger partial charge in [0, 0.05) is 17.8 Å². The van der Waals surface area contributed by atoms with Crippen LogP contribution in [0.1, 0.15) is 10.4 Å². The second-order valence-electron chi connectivity index (χ2n) is 3.56. The van der Waals surface area contributed by atoms with Gasteiger partial charge in [0.15, 0.2) is 15.0 Å². The fourth-order valence-electron chi connectivity index (χ4n) is 1.43. The standard InChI is InChI=1S/C11H10N2O3S2/c1-18(15,16)9-5-3-2-4-8(9)10(14)13-11-12-6-7-17-11/h2-7H,1H3,(H,12,13,14). The van der Waals surface area contributed by atoms with Gasteiger partial charge < -0.3 is 0 Å². The second-order valence-corrected chi connectivity index (χ2v) is 6.44. The average Bonchev–Trinajstić information content (AvgIpc) is 2.80. The fraction of sp³-hybridized carbons (Fsp3) is 0.0909. The van der Waals surface area contributed by atoms with Crippen LogP contribution in [0.2, 0.25) is 0 Å². The summed E-state index contributed by atoms with van der Waals surface area (Å²) < 4.78 is 23.1. The minimum atomic E-state index is -3.44. The lowest BCUT2D eigenvalue weighted by molar-refractivity contribution is 0.102. The first kappa shape index (κ1) is 12.7. The fourth-order valence-corrected chi connectivity index (χ4v) is 2.84. The Balaban J connectivity index is 2.37. The molecule has 0 aliphatic rings. The Morgan fingerprint density at radius 2 is 2.06 bits per heavy atom. The maximum atomic E-state index is 12.0. The summed E-state index contributed by atoms with van der Waals surface area (Å²) in [7, 11) is -3.44. The lowest BCUT2D eigenvalue weighted by Crippen LogP contribution is -2.15. The van der Waals surface area contributed by atoms with Gasteiger partial charge >= 0.3 is 0 Å². The van der Waals surface area contributed by atoms with Gasteiger partial charge in [0.25, 0.3) is 5.91 Å². The minimum absolute atomic E-state index is 0.0130. The molecule has 0 aliphatic carbocycles. The van der Waals surface area contributed by atoms with E-state index in [0.717, 1.165) is 6.26 Å². The van der Waals surface area contributed by atoms with Crippen molar-refractivity contribution >= 4 is 32.2 Å². The van der Waals surface area contributed by atoms with Crippen LogP contribution >= 0.6 is 11.3 Å². The first-order valence-corrected chi connectivity index (χ1v) is 7.75. The van der Waals surface area contributed by atoms with Gasteiger partial charge in [-0.2, -0.15) is 0 Å². The number of nitrogens with one attached hydrogen (secondary N) is 1. The molecule has 0 spiro atoms. The normalized spacial score (nSPS) is 11.2. The minimum Gasteiger partial charge on any atom is -0.298 e. The van der Waals surface area contributed by atoms with Crippen LogP contribution in [0.15, 0.2) is 40.7 Å². The summed E-state index contributed by atoms with van der Waals surface area (Å²) in [5.74, 6) is -0.481. The molecule has 0 bridgehead atoms. The zero-order chi connectivity index (χ0) is 13.2. The molecule has 0 fully saturated rings. The second kappa shape index (κ2) is 4.87. The third-order valence-electron chi connectivity index (χ3n) is 2.18. The van der Waals surface area contributed by atoms with Gasteiger partial charge in [-0.05, 0) is 12.1 Å². The summed E-state index contributed by atoms with van der Waals surface area (Å²) in [5.41, 5.74) is 0.121. The van der Waals surface area contributed by atoms with Crippen molar-refractivity contribution in [2.45, 2.75) is 4.90 Å². The van der Waals surface area contributed by atoms with Crippen LogP contribution in [-0.2, 0) is 9.84 Å². The van der Waals surface area contributed by atoms with Crippen molar-refractivity contribution in [2.75, 3.05) is 11.6 Å². The molecule has 1 heterocycles. The molecular weight excluding hydrogens is 272 g/mol. The Labute approximate surface area is 108 Å². The summed E-state index contributed by atoms with van der Waals surface area (Å²) in [5, 5.41) is 4.71. The maximum Gasteiger partial charge on any atom is 0.258 e. The first-order valence-electron chi connectivity index (χ1n) is 4.98. The number of thiazole rings is 1. The van der Waals surface area contributed by atoms with Crippen LogP contribution in [0.3, 0.4) is 0 Å². The molecule has 1 amide bonds. The first-order chi connectivity index (χ1) is 8.48. The Kier molecular flexibility index (Phi) is 3.44. The largest absolute Gasteiger partial charge is 0.298 e. The average molecular weight is 282 g/mol. The predicted octanol–water partition coefficient (Wildman–Crippen LogP) is 1.80. The quantitative estimate of drug-likeness (QED) is 0.931. The van der Waals surface area contributed by atoms with Crippen LogP contribution in [0, 0.1) is 0 Å². The van der Waals surface area contributed by atoms with E-state index in [1.54, 1.807) is 23.7 Å². The van der Waals surface area contributed by atoms with Crippen molar-refractivity contribution in [3.8, 4) is 0 Å². The number of sulfone groups is 1. The molecule has 94 valence electrons. The summed E-state index contributed by atoms with van der Waals surface area (Å²) in [6.07, 6.45) is 2.63. The molecule has 2 rings (SSSR count). The van der Waals surface area contributed by atoms with E-state index in [0.29, 0.717) is 5.13 Å². The molecule has 0 saturated heterocycles. The molecule has 0 unspecified atom stereocenters. The zero-order valence-electron chi connectivity index (χ0n) is 9.45. The zero-order valence-corrected chi connectivity index (χ0v) is 11.1. The lowest BCUT2D eigenvalue weighted by atomic mass is 10.2. The van der Waals surface area contributed by atoms with E-state index in [9.17, 15) is 13.2 Å². The molecule has 0 saturated carbocycles. The highest BCUT2D eigenvalue weighted by Gasteiger charge is 2.18. The summed E-state index contributed by atoms with van der Waals surface area (Å²) in [4.78, 5) is 15.9. The van der Waals surface area contributed by atoms with Crippen LogP contribution in [0.5, 0.6) is 0 Å². The Bertz CT molecular complexity index is 663. The molecule has 0 aliphatic heterocycles. The number of amides is 1. The topological polar surface area (TPSA) is 76.1 Å². The molecule has 1 N–H and O–H groups in total. The molecule has 7 heteroatoms. The van der Waals surface area contributed by atoms with Gasteiger partial charge in [-0.15, -0.1) is 11.3 Å². The van der Waals surface area contributed by atoms with Crippen molar-refractivity contribution < 1.29 is 13.2 Å². The van der Waals surface area contributed by atoms with Crippen LogP contribution in [0.4, 0.5) is 5.13 Å². The number of anilines is 1. The van der Waals surface area contributed by atoms with Gasteiger partial charge in [-0.25, -0.2) is 13.4 Å². The maximum absolute atomic E-state index is 12.0. The van der Waals surface area contributed by atoms with Gasteiger partial charge in [0.1, 0.15) is 0 Å². The third-order valence-corrected chi connectivity index (χ3v) is 4.03. The van der Waals surface area contributed by atoms with E-state index < -0.39 is 15.7 Å². The smallest absolute Gasteiger partial charge is 0.258 e. The third kappa shape index (κ3) is 2.74. The Morgan fingerprint density at radius 3 is 2.67 bits per heavy atom. The number of nitrogens with zero attached hydrogens (tertiary/aromatic N) is 1. The van der Waals surface area contributed by atoms with Gasteiger partial charge in [-0.3, -0.25) is 10.1 Å². The van der Waals surface area contributed by atoms with Crippen molar-refractivity contribution in [1.29, 1.82) is 0 Å². The SMILES string of the molecule is CS(=O)(=O)c1ccccc1C(=O)Nc1nccs1. The van der Waals surface area contributed by atoms with Gasteiger partial charge in [0.2, 0.25) is 0 Å². The number of hydrogen-bond acceptors (Lipinski definition) is 5. The lowest BCUT2D eigenvalue weighted by Gasteiger charge is -2.06. The summed E-state index contributed by atoms with van der Waals surface area (Å²) in [6, 6.07) is 6.08. The highest BCUT2D eigenvalue weighted by Crippen LogP contribution is 2.18. The highest BCUT2D eigenvalue weighted by atomic mass is 32.2. The number of rotatable bonds is 3. The molecule has 2 aromatic rings. The van der Waals surface area contributed by atoms with E-state index in [1.807, 2.05) is 0 Å². The van der Waals surface area contributed by atoms with E-state index in [-0.39, 0.29) is 10.5 Å². The van der Waals surface area contributed by atoms with Crippen molar-refractivity contribution in [3.63, 3.8) is 0 Å². The molecule has 0 radical (unpaired) electrons. The van der Waals surface area contributed by atoms with Gasteiger partial charge in [0.05, 0.1) is 10.5 Å². The number of carbonyl (C=O) groups excluding carboxylic acids is 1. The van der Waals surface area contributed by atoms with Crippen LogP contribution < -0.4 is 5.32 Å². The van der Waals surface area contributed by atoms with E-state index >= 15 is 0 Å². The summed E-state index contributed by atoms with van der Waals surface area (Å²) in [6.45, 7) is 0. The van der Waals surface area contributed by atoms with E-state index in [2.05, 4.69) is 10.3 Å². The van der Waals surface area contributed by atoms with Crippen LogP contribution in [-0.4, -0.2) is 25.6 Å². The Morgan fingerprint density at radius 1 is 1.33 bits per heavy atom. The monoisotopic (exact) mass is 282 g/mol. The molecular formula is C11H10N2O3S2. The number of hydrogen-bond donors (Lipinski definition) is 1. The molecule has 1 aromatic heterocycles. The van der Waals surface area contributed by atoms with Crippen molar-refractivity contribution in [1.82, 2.24) is 4.98 Å². The predicted molar refractivity (Wildman–Crippen MR) is 69.6 cm³/mol. The van der Waals surface area contributed by atoms with E-state index in [4.69, 9.17) is 0 Å². The van der Waals surface area contributed by atoms with Gasteiger partial charge in [-0.1, -0.05) is 12.1 Å². The molecule has 5 nitrogen and oxygen atoms in total. The number of benzene rings is 1. The van der Waals surface area contributed by atoms with E-state index in [1.165, 1.54) is 23.5 Å². The van der Waals surface area contributed by atoms with Crippen molar-refractivity contribution in [2.24, 2.45) is 0 Å². The van der Waals surface area contributed by atoms with Crippen molar-refractivity contribution in [3.05, 3.63) is 41.4 Å². The summed E-state index contributed by atoms with van der Waals surface area (Å²) >= 11 is 1.27. The van der Waals surface area contributed by atoms with Crippen LogP contribution in [0.25, 0.3) is 0 Å². The highest BCUT2D eigenvalue weighted by molar-refractivity contribution is 7.90. The number of carbonyl (C=O) groups is 1. The molecule has 0 atom stereocenters. The molecule has 18 heavy (non-hydrogen) atoms.